The second-order valence-electron chi connectivity index (χ2n) is 4.66. The van der Waals surface area contributed by atoms with E-state index < -0.39 is 0 Å². The topological polar surface area (TPSA) is 61.9 Å². The van der Waals surface area contributed by atoms with Crippen LogP contribution >= 0.6 is 0 Å². The molecule has 19 heavy (non-hydrogen) atoms. The van der Waals surface area contributed by atoms with Crippen molar-refractivity contribution in [3.63, 3.8) is 0 Å². The van der Waals surface area contributed by atoms with Gasteiger partial charge in [-0.3, -0.25) is 14.9 Å². The van der Waals surface area contributed by atoms with Crippen molar-refractivity contribution in [1.82, 2.24) is 20.1 Å². The van der Waals surface area contributed by atoms with Crippen LogP contribution in [-0.2, 0) is 17.8 Å². The number of hydrogen-bond donors (Lipinski definition) is 1. The van der Waals surface area contributed by atoms with Gasteiger partial charge in [0.1, 0.15) is 0 Å². The maximum atomic E-state index is 12.0. The smallest absolute Gasteiger partial charge is 0.222 e. The third-order valence-electron chi connectivity index (χ3n) is 2.99. The Kier molecular flexibility index (Phi) is 4.28. The van der Waals surface area contributed by atoms with Gasteiger partial charge in [0.15, 0.2) is 0 Å². The van der Waals surface area contributed by atoms with Gasteiger partial charge in [-0.05, 0) is 36.6 Å². The molecular formula is C14H18N4O. The molecule has 0 aromatic carbocycles. The van der Waals surface area contributed by atoms with Crippen molar-refractivity contribution < 1.29 is 4.79 Å². The molecule has 2 aromatic rings. The number of carbonyl (C=O) groups is 1. The highest BCUT2D eigenvalue weighted by Gasteiger charge is 2.10. The number of rotatable bonds is 5. The first kappa shape index (κ1) is 13.3. The fraction of sp³-hybridized carbons (Fsp3) is 0.357. The van der Waals surface area contributed by atoms with Gasteiger partial charge in [0.2, 0.25) is 5.91 Å². The molecule has 2 aromatic heterocycles. The second-order valence-corrected chi connectivity index (χ2v) is 4.66. The maximum Gasteiger partial charge on any atom is 0.222 e. The molecule has 0 atom stereocenters. The molecule has 100 valence electrons. The van der Waals surface area contributed by atoms with Crippen LogP contribution in [0.4, 0.5) is 0 Å². The minimum absolute atomic E-state index is 0.135. The number of aryl methyl sites for hydroxylation is 2. The lowest BCUT2D eigenvalue weighted by Gasteiger charge is -2.17. The van der Waals surface area contributed by atoms with Gasteiger partial charge in [0.05, 0.1) is 6.20 Å². The van der Waals surface area contributed by atoms with Crippen LogP contribution in [0.25, 0.3) is 0 Å². The number of carbonyl (C=O) groups excluding carboxylic acids is 1. The van der Waals surface area contributed by atoms with E-state index in [0.717, 1.165) is 23.2 Å². The van der Waals surface area contributed by atoms with E-state index >= 15 is 0 Å². The van der Waals surface area contributed by atoms with Crippen LogP contribution in [0.3, 0.4) is 0 Å². The van der Waals surface area contributed by atoms with Crippen LogP contribution in [-0.4, -0.2) is 33.0 Å². The highest BCUT2D eigenvalue weighted by Crippen LogP contribution is 2.07. The molecule has 0 saturated carbocycles. The molecular weight excluding hydrogens is 240 g/mol. The molecule has 0 unspecified atom stereocenters. The number of pyridine rings is 1. The van der Waals surface area contributed by atoms with Crippen molar-refractivity contribution in [3.05, 3.63) is 47.5 Å². The lowest BCUT2D eigenvalue weighted by molar-refractivity contribution is -0.130. The number of nitrogens with one attached hydrogen (secondary N) is 1. The monoisotopic (exact) mass is 258 g/mol. The normalized spacial score (nSPS) is 10.4. The molecule has 2 rings (SSSR count). The summed E-state index contributed by atoms with van der Waals surface area (Å²) in [5.74, 6) is 0.135. The van der Waals surface area contributed by atoms with E-state index in [4.69, 9.17) is 0 Å². The zero-order valence-corrected chi connectivity index (χ0v) is 11.3. The summed E-state index contributed by atoms with van der Waals surface area (Å²) < 4.78 is 0. The maximum absolute atomic E-state index is 12.0. The quantitative estimate of drug-likeness (QED) is 0.888. The van der Waals surface area contributed by atoms with Crippen LogP contribution in [0, 0.1) is 6.92 Å². The van der Waals surface area contributed by atoms with E-state index in [1.54, 1.807) is 17.3 Å². The Morgan fingerprint density at radius 3 is 2.95 bits per heavy atom. The summed E-state index contributed by atoms with van der Waals surface area (Å²) in [6, 6.07) is 3.94. The van der Waals surface area contributed by atoms with Crippen LogP contribution in [0.5, 0.6) is 0 Å². The molecule has 0 fully saturated rings. The van der Waals surface area contributed by atoms with E-state index in [-0.39, 0.29) is 5.91 Å². The van der Waals surface area contributed by atoms with Gasteiger partial charge in [-0.15, -0.1) is 0 Å². The largest absolute Gasteiger partial charge is 0.341 e. The molecule has 2 heterocycles. The minimum Gasteiger partial charge on any atom is -0.341 e. The molecule has 5 heteroatoms. The van der Waals surface area contributed by atoms with Crippen molar-refractivity contribution in [2.45, 2.75) is 26.3 Å². The van der Waals surface area contributed by atoms with E-state index in [1.165, 1.54) is 0 Å². The van der Waals surface area contributed by atoms with Crippen molar-refractivity contribution in [2.24, 2.45) is 0 Å². The highest BCUT2D eigenvalue weighted by molar-refractivity contribution is 5.76. The summed E-state index contributed by atoms with van der Waals surface area (Å²) in [6.07, 6.45) is 6.56. The van der Waals surface area contributed by atoms with Gasteiger partial charge in [-0.1, -0.05) is 0 Å². The Labute approximate surface area is 112 Å². The van der Waals surface area contributed by atoms with Gasteiger partial charge >= 0.3 is 0 Å². The molecule has 0 bridgehead atoms. The van der Waals surface area contributed by atoms with Crippen molar-refractivity contribution >= 4 is 5.91 Å². The first-order valence-corrected chi connectivity index (χ1v) is 6.28. The molecule has 1 N–H and O–H groups in total. The Balaban J connectivity index is 1.85. The molecule has 0 radical (unpaired) electrons. The van der Waals surface area contributed by atoms with Gasteiger partial charge in [0.25, 0.3) is 0 Å². The molecule has 0 aliphatic carbocycles. The summed E-state index contributed by atoms with van der Waals surface area (Å²) in [6.45, 7) is 2.57. The van der Waals surface area contributed by atoms with E-state index in [1.807, 2.05) is 32.3 Å². The average molecular weight is 258 g/mol. The van der Waals surface area contributed by atoms with Crippen molar-refractivity contribution in [3.8, 4) is 0 Å². The zero-order chi connectivity index (χ0) is 13.7. The third-order valence-corrected chi connectivity index (χ3v) is 2.99. The number of aromatic nitrogens is 3. The third kappa shape index (κ3) is 3.91. The Bertz CT molecular complexity index is 536. The number of aromatic amines is 1. The number of nitrogens with zero attached hydrogens (tertiary/aromatic N) is 3. The zero-order valence-electron chi connectivity index (χ0n) is 11.3. The van der Waals surface area contributed by atoms with Gasteiger partial charge in [0, 0.05) is 38.1 Å². The van der Waals surface area contributed by atoms with Crippen molar-refractivity contribution in [2.75, 3.05) is 7.05 Å². The van der Waals surface area contributed by atoms with Crippen LogP contribution in [0.2, 0.25) is 0 Å². The average Bonchev–Trinajstić information content (AvgIpc) is 2.89. The Hall–Kier alpha value is -2.17. The second kappa shape index (κ2) is 6.13. The predicted octanol–water partition coefficient (Wildman–Crippen LogP) is 1.70. The number of hydrogen-bond acceptors (Lipinski definition) is 3. The Morgan fingerprint density at radius 1 is 1.42 bits per heavy atom. The minimum atomic E-state index is 0.135. The molecule has 0 aliphatic rings. The van der Waals surface area contributed by atoms with Gasteiger partial charge in [-0.25, -0.2) is 0 Å². The van der Waals surface area contributed by atoms with Crippen LogP contribution in [0.1, 0.15) is 23.2 Å². The fourth-order valence-electron chi connectivity index (χ4n) is 1.92. The SMILES string of the molecule is Cc1cc(CN(C)C(=O)CCc2cn[nH]c2)ccn1. The molecule has 0 aliphatic heterocycles. The van der Waals surface area contributed by atoms with E-state index in [9.17, 15) is 4.79 Å². The van der Waals surface area contributed by atoms with Crippen LogP contribution in [0.15, 0.2) is 30.7 Å². The van der Waals surface area contributed by atoms with Gasteiger partial charge in [-0.2, -0.15) is 5.10 Å². The summed E-state index contributed by atoms with van der Waals surface area (Å²) in [5.41, 5.74) is 3.13. The lowest BCUT2D eigenvalue weighted by Crippen LogP contribution is -2.26. The standard InChI is InChI=1S/C14H18N4O/c1-11-7-12(5-6-15-11)10-18(2)14(19)4-3-13-8-16-17-9-13/h5-9H,3-4,10H2,1-2H3,(H,16,17). The van der Waals surface area contributed by atoms with Crippen LogP contribution < -0.4 is 0 Å². The number of H-pyrrole nitrogens is 1. The molecule has 0 saturated heterocycles. The number of amides is 1. The summed E-state index contributed by atoms with van der Waals surface area (Å²) >= 11 is 0. The van der Waals surface area contributed by atoms with E-state index in [0.29, 0.717) is 13.0 Å². The first-order valence-electron chi connectivity index (χ1n) is 6.28. The molecule has 1 amide bonds. The first-order chi connectivity index (χ1) is 9.15. The Morgan fingerprint density at radius 2 is 2.26 bits per heavy atom. The van der Waals surface area contributed by atoms with E-state index in [2.05, 4.69) is 15.2 Å². The van der Waals surface area contributed by atoms with Gasteiger partial charge < -0.3 is 4.90 Å². The fourth-order valence-corrected chi connectivity index (χ4v) is 1.92. The molecule has 0 spiro atoms. The highest BCUT2D eigenvalue weighted by atomic mass is 16.2. The summed E-state index contributed by atoms with van der Waals surface area (Å²) in [5, 5.41) is 6.61. The molecule has 5 nitrogen and oxygen atoms in total. The predicted molar refractivity (Wildman–Crippen MR) is 72.4 cm³/mol. The van der Waals surface area contributed by atoms with Crippen molar-refractivity contribution in [1.29, 1.82) is 0 Å². The lowest BCUT2D eigenvalue weighted by atomic mass is 10.1. The summed E-state index contributed by atoms with van der Waals surface area (Å²) in [7, 11) is 1.83. The summed E-state index contributed by atoms with van der Waals surface area (Å²) in [4.78, 5) is 17.9.